The molecule has 2 unspecified atom stereocenters. The summed E-state index contributed by atoms with van der Waals surface area (Å²) < 4.78 is 35.4. The summed E-state index contributed by atoms with van der Waals surface area (Å²) in [5.41, 5.74) is -0.386. The van der Waals surface area contributed by atoms with Crippen LogP contribution in [0.1, 0.15) is 75.5 Å². The molecular formula is C28H37NO9. The molecule has 1 aromatic carbocycles. The Morgan fingerprint density at radius 2 is 1.95 bits per heavy atom. The summed E-state index contributed by atoms with van der Waals surface area (Å²) in [5, 5.41) is 11.5. The van der Waals surface area contributed by atoms with Crippen molar-refractivity contribution < 1.29 is 43.1 Å². The molecule has 0 aromatic heterocycles. The topological polar surface area (TPSA) is 113 Å². The first kappa shape index (κ1) is 25.9. The van der Waals surface area contributed by atoms with Crippen LogP contribution in [-0.4, -0.2) is 79.1 Å². The fourth-order valence-electron chi connectivity index (χ4n) is 7.40. The number of aliphatic hydroxyl groups is 1. The van der Waals surface area contributed by atoms with Crippen molar-refractivity contribution in [3.63, 3.8) is 0 Å². The number of methoxy groups -OCH3 is 2. The fourth-order valence-corrected chi connectivity index (χ4v) is 7.40. The van der Waals surface area contributed by atoms with Crippen molar-refractivity contribution in [3.05, 3.63) is 23.3 Å². The van der Waals surface area contributed by atoms with E-state index in [1.807, 2.05) is 26.0 Å². The lowest BCUT2D eigenvalue weighted by molar-refractivity contribution is -0.284. The first-order valence-corrected chi connectivity index (χ1v) is 13.6. The second kappa shape index (κ2) is 9.08. The summed E-state index contributed by atoms with van der Waals surface area (Å²) in [5.74, 6) is -1.47. The van der Waals surface area contributed by atoms with Gasteiger partial charge in [-0.3, -0.25) is 9.69 Å². The monoisotopic (exact) mass is 531 g/mol. The zero-order chi connectivity index (χ0) is 26.9. The Hall–Kier alpha value is -2.40. The molecule has 0 radical (unpaired) electrons. The second-order valence-electron chi connectivity index (χ2n) is 11.8. The van der Waals surface area contributed by atoms with E-state index in [4.69, 9.17) is 28.4 Å². The van der Waals surface area contributed by atoms with Crippen LogP contribution in [0.2, 0.25) is 0 Å². The molecule has 1 N–H and O–H groups in total. The molecule has 208 valence electrons. The lowest BCUT2D eigenvalue weighted by Crippen LogP contribution is -2.52. The molecule has 1 aliphatic carbocycles. The molecule has 1 saturated carbocycles. The highest BCUT2D eigenvalue weighted by Crippen LogP contribution is 2.65. The fraction of sp³-hybridized carbons (Fsp3) is 0.714. The molecule has 38 heavy (non-hydrogen) atoms. The van der Waals surface area contributed by atoms with Crippen LogP contribution < -0.4 is 9.47 Å². The van der Waals surface area contributed by atoms with Gasteiger partial charge in [0.15, 0.2) is 23.2 Å². The molecule has 3 fully saturated rings. The van der Waals surface area contributed by atoms with E-state index in [0.29, 0.717) is 30.9 Å². The minimum Gasteiger partial charge on any atom is -0.469 e. The van der Waals surface area contributed by atoms with Gasteiger partial charge in [-0.05, 0) is 61.4 Å². The number of benzene rings is 1. The predicted molar refractivity (Wildman–Crippen MR) is 133 cm³/mol. The standard InChI is InChI=1S/C28H37NO9/c1-16(2)6-8-27(32,12-22(30)33-3)25(31)37-24-23-18-11-20-19(35-15-36-20)10-17(18)21-13-29-9-5-7-26(23,29)14-28(24,34-4)38-21/h10-11,16,21,23-24,32H,5-9,12-15H2,1-4H3/t21?,23-,24+,26+,27-,28?/m1/s1. The molecule has 6 aliphatic rings. The minimum atomic E-state index is -2.03. The third-order valence-electron chi connectivity index (χ3n) is 9.28. The van der Waals surface area contributed by atoms with Gasteiger partial charge in [-0.2, -0.15) is 0 Å². The van der Waals surface area contributed by atoms with Crippen molar-refractivity contribution in [2.75, 3.05) is 34.1 Å². The highest BCUT2D eigenvalue weighted by molar-refractivity contribution is 5.86. The van der Waals surface area contributed by atoms with E-state index < -0.39 is 35.9 Å². The lowest BCUT2D eigenvalue weighted by Gasteiger charge is -2.40. The van der Waals surface area contributed by atoms with Gasteiger partial charge in [0.2, 0.25) is 12.6 Å². The number of ether oxygens (including phenoxy) is 6. The molecule has 10 heteroatoms. The van der Waals surface area contributed by atoms with Crippen LogP contribution in [0.5, 0.6) is 11.5 Å². The van der Waals surface area contributed by atoms with E-state index in [-0.39, 0.29) is 36.7 Å². The number of carbonyl (C=O) groups is 2. The maximum absolute atomic E-state index is 13.8. The average molecular weight is 532 g/mol. The number of fused-ring (bicyclic) bond motifs is 1. The van der Waals surface area contributed by atoms with Crippen LogP contribution in [-0.2, 0) is 28.5 Å². The van der Waals surface area contributed by atoms with Crippen LogP contribution in [0, 0.1) is 5.92 Å². The number of esters is 2. The molecule has 4 bridgehead atoms. The molecule has 0 amide bonds. The van der Waals surface area contributed by atoms with E-state index in [2.05, 4.69) is 4.90 Å². The van der Waals surface area contributed by atoms with Gasteiger partial charge in [0.05, 0.1) is 19.6 Å². The van der Waals surface area contributed by atoms with Crippen LogP contribution >= 0.6 is 0 Å². The molecule has 5 aliphatic heterocycles. The Kier molecular flexibility index (Phi) is 6.18. The van der Waals surface area contributed by atoms with Crippen molar-refractivity contribution in [3.8, 4) is 11.5 Å². The van der Waals surface area contributed by atoms with Gasteiger partial charge in [0, 0.05) is 31.5 Å². The van der Waals surface area contributed by atoms with E-state index >= 15 is 0 Å². The summed E-state index contributed by atoms with van der Waals surface area (Å²) in [6.07, 6.45) is 1.43. The van der Waals surface area contributed by atoms with Gasteiger partial charge >= 0.3 is 11.9 Å². The lowest BCUT2D eigenvalue weighted by atomic mass is 9.78. The van der Waals surface area contributed by atoms with Crippen molar-refractivity contribution in [1.82, 2.24) is 4.90 Å². The van der Waals surface area contributed by atoms with Gasteiger partial charge in [-0.1, -0.05) is 13.8 Å². The molecule has 7 rings (SSSR count). The molecule has 1 aromatic rings. The quantitative estimate of drug-likeness (QED) is 0.503. The highest BCUT2D eigenvalue weighted by Gasteiger charge is 2.72. The van der Waals surface area contributed by atoms with Gasteiger partial charge in [0.1, 0.15) is 0 Å². The molecule has 6 atom stereocenters. The Bertz CT molecular complexity index is 1140. The maximum atomic E-state index is 13.8. The third kappa shape index (κ3) is 3.75. The van der Waals surface area contributed by atoms with E-state index in [0.717, 1.165) is 30.5 Å². The molecule has 5 heterocycles. The van der Waals surface area contributed by atoms with E-state index in [9.17, 15) is 14.7 Å². The van der Waals surface area contributed by atoms with Crippen LogP contribution in [0.4, 0.5) is 0 Å². The largest absolute Gasteiger partial charge is 0.469 e. The number of hydrogen-bond acceptors (Lipinski definition) is 10. The maximum Gasteiger partial charge on any atom is 0.339 e. The average Bonchev–Trinajstić information content (AvgIpc) is 3.52. The van der Waals surface area contributed by atoms with Gasteiger partial charge in [0.25, 0.3) is 0 Å². The Balaban J connectivity index is 1.43. The molecule has 2 saturated heterocycles. The summed E-state index contributed by atoms with van der Waals surface area (Å²) in [6.45, 7) is 5.76. The number of hydrogen-bond donors (Lipinski definition) is 1. The van der Waals surface area contributed by atoms with Crippen LogP contribution in [0.25, 0.3) is 0 Å². The van der Waals surface area contributed by atoms with Crippen LogP contribution in [0.3, 0.4) is 0 Å². The minimum absolute atomic E-state index is 0.0754. The summed E-state index contributed by atoms with van der Waals surface area (Å²) in [7, 11) is 2.82. The smallest absolute Gasteiger partial charge is 0.339 e. The summed E-state index contributed by atoms with van der Waals surface area (Å²) in [4.78, 5) is 28.5. The third-order valence-corrected chi connectivity index (χ3v) is 9.28. The normalized spacial score (nSPS) is 34.0. The molecule has 1 spiro atoms. The van der Waals surface area contributed by atoms with Gasteiger partial charge in [-0.15, -0.1) is 0 Å². The summed E-state index contributed by atoms with van der Waals surface area (Å²) in [6, 6.07) is 3.98. The number of rotatable bonds is 8. The predicted octanol–water partition coefficient (Wildman–Crippen LogP) is 2.81. The first-order valence-electron chi connectivity index (χ1n) is 13.6. The molecular weight excluding hydrogens is 494 g/mol. The van der Waals surface area contributed by atoms with Crippen molar-refractivity contribution in [2.24, 2.45) is 5.92 Å². The zero-order valence-electron chi connectivity index (χ0n) is 22.5. The first-order chi connectivity index (χ1) is 18.1. The number of carbonyl (C=O) groups excluding carboxylic acids is 2. The Labute approximate surface area is 222 Å². The van der Waals surface area contributed by atoms with Gasteiger partial charge < -0.3 is 33.5 Å². The highest BCUT2D eigenvalue weighted by atomic mass is 16.7. The molecule has 10 nitrogen and oxygen atoms in total. The summed E-state index contributed by atoms with van der Waals surface area (Å²) >= 11 is 0. The van der Waals surface area contributed by atoms with Crippen molar-refractivity contribution >= 4 is 11.9 Å². The van der Waals surface area contributed by atoms with Crippen molar-refractivity contribution in [2.45, 2.75) is 87.4 Å². The second-order valence-corrected chi connectivity index (χ2v) is 11.8. The van der Waals surface area contributed by atoms with Gasteiger partial charge in [-0.25, -0.2) is 4.79 Å². The van der Waals surface area contributed by atoms with Crippen molar-refractivity contribution in [1.29, 1.82) is 0 Å². The van der Waals surface area contributed by atoms with E-state index in [1.54, 1.807) is 7.11 Å². The van der Waals surface area contributed by atoms with Crippen LogP contribution in [0.15, 0.2) is 12.1 Å². The number of nitrogens with zero attached hydrogens (tertiary/aromatic N) is 1. The SMILES string of the molecule is COC(=O)C[C@](O)(CCC(C)C)C(=O)O[C@H]1[C@H]2c3cc4c(cc3C3CN5CCC[C@]25CC1(OC)O3)OCO4. The zero-order valence-corrected chi connectivity index (χ0v) is 22.5. The van der Waals surface area contributed by atoms with E-state index in [1.165, 1.54) is 7.11 Å². The Morgan fingerprint density at radius 1 is 1.21 bits per heavy atom. The Morgan fingerprint density at radius 3 is 2.63 bits per heavy atom.